The van der Waals surface area contributed by atoms with Crippen LogP contribution in [0.2, 0.25) is 0 Å². The van der Waals surface area contributed by atoms with Crippen LogP contribution in [0, 0.1) is 0 Å². The Hall–Kier alpha value is -1.88. The summed E-state index contributed by atoms with van der Waals surface area (Å²) in [4.78, 5) is 26.8. The number of amides is 2. The number of rotatable bonds is 4. The zero-order valence-electron chi connectivity index (χ0n) is 12.6. The Morgan fingerprint density at radius 3 is 2.67 bits per heavy atom. The maximum absolute atomic E-state index is 12.6. The normalized spacial score (nSPS) is 22.9. The molecule has 5 heteroatoms. The Balaban J connectivity index is 2.19. The van der Waals surface area contributed by atoms with Crippen molar-refractivity contribution in [1.29, 1.82) is 0 Å². The fraction of sp³-hybridized carbons (Fsp3) is 0.500. The number of hydrogen-bond donors (Lipinski definition) is 2. The maximum atomic E-state index is 12.6. The minimum atomic E-state index is -0.795. The van der Waals surface area contributed by atoms with Crippen molar-refractivity contribution in [3.63, 3.8) is 0 Å². The van der Waals surface area contributed by atoms with Gasteiger partial charge in [0, 0.05) is 24.7 Å². The van der Waals surface area contributed by atoms with Gasteiger partial charge >= 0.3 is 0 Å². The highest BCUT2D eigenvalue weighted by Crippen LogP contribution is 2.30. The molecule has 1 saturated heterocycles. The average molecular weight is 289 g/mol. The first-order valence-electron chi connectivity index (χ1n) is 7.37. The standard InChI is InChI=1S/C16H23N3O2/c1-12(11-17)18-15(21)16(2)9-6-10-19(16)14(20)13-7-4-3-5-8-13/h3-5,7-8,12H,6,9-11,17H2,1-2H3,(H,18,21)/t12-,16?/m0/s1. The quantitative estimate of drug-likeness (QED) is 0.873. The first-order valence-corrected chi connectivity index (χ1v) is 7.37. The molecule has 0 radical (unpaired) electrons. The molecule has 3 N–H and O–H groups in total. The largest absolute Gasteiger partial charge is 0.350 e. The van der Waals surface area contributed by atoms with Gasteiger partial charge in [0.15, 0.2) is 0 Å². The van der Waals surface area contributed by atoms with E-state index in [1.54, 1.807) is 17.0 Å². The summed E-state index contributed by atoms with van der Waals surface area (Å²) in [6.07, 6.45) is 1.51. The van der Waals surface area contributed by atoms with Crippen LogP contribution in [-0.4, -0.2) is 41.4 Å². The second-order valence-corrected chi connectivity index (χ2v) is 5.81. The SMILES string of the molecule is C[C@@H](CN)NC(=O)C1(C)CCCN1C(=O)c1ccccc1. The third-order valence-corrected chi connectivity index (χ3v) is 4.13. The molecule has 1 aliphatic rings. The van der Waals surface area contributed by atoms with Gasteiger partial charge < -0.3 is 16.0 Å². The number of likely N-dealkylation sites (tertiary alicyclic amines) is 1. The van der Waals surface area contributed by atoms with Gasteiger partial charge in [-0.15, -0.1) is 0 Å². The average Bonchev–Trinajstić information content (AvgIpc) is 2.90. The number of nitrogens with one attached hydrogen (secondary N) is 1. The van der Waals surface area contributed by atoms with Crippen LogP contribution >= 0.6 is 0 Å². The Morgan fingerprint density at radius 1 is 1.38 bits per heavy atom. The fourth-order valence-corrected chi connectivity index (χ4v) is 2.70. The van der Waals surface area contributed by atoms with Crippen molar-refractivity contribution >= 4 is 11.8 Å². The number of benzene rings is 1. The van der Waals surface area contributed by atoms with Gasteiger partial charge in [0.25, 0.3) is 5.91 Å². The molecule has 1 aliphatic heterocycles. The predicted octanol–water partition coefficient (Wildman–Crippen LogP) is 1.14. The molecular weight excluding hydrogens is 266 g/mol. The van der Waals surface area contributed by atoms with E-state index in [0.29, 0.717) is 25.1 Å². The summed E-state index contributed by atoms with van der Waals surface area (Å²) in [7, 11) is 0. The molecule has 2 rings (SSSR count). The lowest BCUT2D eigenvalue weighted by Crippen LogP contribution is -2.57. The molecule has 0 saturated carbocycles. The number of carbonyl (C=O) groups excluding carboxylic acids is 2. The zero-order valence-corrected chi connectivity index (χ0v) is 12.6. The van der Waals surface area contributed by atoms with Gasteiger partial charge in [0.1, 0.15) is 5.54 Å². The smallest absolute Gasteiger partial charge is 0.254 e. The molecular formula is C16H23N3O2. The van der Waals surface area contributed by atoms with Crippen molar-refractivity contribution < 1.29 is 9.59 Å². The summed E-state index contributed by atoms with van der Waals surface area (Å²) in [6.45, 7) is 4.68. The predicted molar refractivity (Wildman–Crippen MR) is 81.8 cm³/mol. The molecule has 5 nitrogen and oxygen atoms in total. The van der Waals surface area contributed by atoms with Gasteiger partial charge in [-0.05, 0) is 38.8 Å². The Bertz CT molecular complexity index is 518. The highest BCUT2D eigenvalue weighted by Gasteiger charge is 2.45. The Labute approximate surface area is 125 Å². The summed E-state index contributed by atoms with van der Waals surface area (Å²) >= 11 is 0. The van der Waals surface area contributed by atoms with E-state index in [4.69, 9.17) is 5.73 Å². The molecule has 2 atom stereocenters. The molecule has 2 amide bonds. The van der Waals surface area contributed by atoms with Crippen LogP contribution in [0.4, 0.5) is 0 Å². The van der Waals surface area contributed by atoms with E-state index in [-0.39, 0.29) is 17.9 Å². The van der Waals surface area contributed by atoms with Crippen molar-refractivity contribution in [2.24, 2.45) is 5.73 Å². The monoisotopic (exact) mass is 289 g/mol. The highest BCUT2D eigenvalue weighted by molar-refractivity contribution is 5.99. The number of carbonyl (C=O) groups is 2. The van der Waals surface area contributed by atoms with Crippen molar-refractivity contribution in [1.82, 2.24) is 10.2 Å². The second-order valence-electron chi connectivity index (χ2n) is 5.81. The minimum Gasteiger partial charge on any atom is -0.350 e. The molecule has 0 aromatic heterocycles. The number of nitrogens with zero attached hydrogens (tertiary/aromatic N) is 1. The van der Waals surface area contributed by atoms with Crippen molar-refractivity contribution in [2.75, 3.05) is 13.1 Å². The molecule has 1 aromatic rings. The van der Waals surface area contributed by atoms with Crippen molar-refractivity contribution in [3.8, 4) is 0 Å². The van der Waals surface area contributed by atoms with E-state index in [1.165, 1.54) is 0 Å². The second kappa shape index (κ2) is 6.26. The Kier molecular flexibility index (Phi) is 4.63. The van der Waals surface area contributed by atoms with E-state index >= 15 is 0 Å². The molecule has 0 spiro atoms. The third kappa shape index (κ3) is 3.08. The van der Waals surface area contributed by atoms with Gasteiger partial charge in [-0.25, -0.2) is 0 Å². The number of hydrogen-bond acceptors (Lipinski definition) is 3. The lowest BCUT2D eigenvalue weighted by atomic mass is 9.96. The zero-order chi connectivity index (χ0) is 15.5. The van der Waals surface area contributed by atoms with Gasteiger partial charge in [-0.1, -0.05) is 18.2 Å². The summed E-state index contributed by atoms with van der Waals surface area (Å²) in [5.74, 6) is -0.214. The van der Waals surface area contributed by atoms with E-state index in [2.05, 4.69) is 5.32 Å². The van der Waals surface area contributed by atoms with Gasteiger partial charge in [0.05, 0.1) is 0 Å². The fourth-order valence-electron chi connectivity index (χ4n) is 2.70. The summed E-state index contributed by atoms with van der Waals surface area (Å²) in [5, 5.41) is 2.89. The number of nitrogens with two attached hydrogens (primary N) is 1. The van der Waals surface area contributed by atoms with Crippen LogP contribution in [0.1, 0.15) is 37.0 Å². The van der Waals surface area contributed by atoms with E-state index < -0.39 is 5.54 Å². The summed E-state index contributed by atoms with van der Waals surface area (Å²) < 4.78 is 0. The molecule has 0 aliphatic carbocycles. The molecule has 0 bridgehead atoms. The highest BCUT2D eigenvalue weighted by atomic mass is 16.2. The van der Waals surface area contributed by atoms with Crippen molar-refractivity contribution in [3.05, 3.63) is 35.9 Å². The first-order chi connectivity index (χ1) is 9.99. The third-order valence-electron chi connectivity index (χ3n) is 4.13. The van der Waals surface area contributed by atoms with E-state index in [1.807, 2.05) is 32.0 Å². The van der Waals surface area contributed by atoms with Crippen LogP contribution in [0.25, 0.3) is 0 Å². The van der Waals surface area contributed by atoms with Gasteiger partial charge in [-0.2, -0.15) is 0 Å². The first kappa shape index (κ1) is 15.5. The van der Waals surface area contributed by atoms with Crippen LogP contribution in [-0.2, 0) is 4.79 Å². The Morgan fingerprint density at radius 2 is 2.05 bits per heavy atom. The maximum Gasteiger partial charge on any atom is 0.254 e. The van der Waals surface area contributed by atoms with Crippen LogP contribution in [0.5, 0.6) is 0 Å². The van der Waals surface area contributed by atoms with Crippen LogP contribution in [0.15, 0.2) is 30.3 Å². The van der Waals surface area contributed by atoms with Gasteiger partial charge in [0.2, 0.25) is 5.91 Å². The van der Waals surface area contributed by atoms with Crippen LogP contribution < -0.4 is 11.1 Å². The topological polar surface area (TPSA) is 75.4 Å². The molecule has 21 heavy (non-hydrogen) atoms. The molecule has 1 aromatic carbocycles. The minimum absolute atomic E-state index is 0.0915. The van der Waals surface area contributed by atoms with Crippen LogP contribution in [0.3, 0.4) is 0 Å². The van der Waals surface area contributed by atoms with E-state index in [0.717, 1.165) is 6.42 Å². The summed E-state index contributed by atoms with van der Waals surface area (Å²) in [5.41, 5.74) is 5.37. The lowest BCUT2D eigenvalue weighted by Gasteiger charge is -2.34. The van der Waals surface area contributed by atoms with Crippen molar-refractivity contribution in [2.45, 2.75) is 38.3 Å². The summed E-state index contributed by atoms with van der Waals surface area (Å²) in [6, 6.07) is 9.00. The molecule has 1 fully saturated rings. The molecule has 1 heterocycles. The van der Waals surface area contributed by atoms with E-state index in [9.17, 15) is 9.59 Å². The van der Waals surface area contributed by atoms with Gasteiger partial charge in [-0.3, -0.25) is 9.59 Å². The lowest BCUT2D eigenvalue weighted by molar-refractivity contribution is -0.130. The molecule has 114 valence electrons. The molecule has 1 unspecified atom stereocenters.